The Morgan fingerprint density at radius 2 is 2.00 bits per heavy atom. The van der Waals surface area contributed by atoms with Crippen molar-refractivity contribution in [2.45, 2.75) is 0 Å². The highest BCUT2D eigenvalue weighted by Crippen LogP contribution is 2.32. The van der Waals surface area contributed by atoms with Gasteiger partial charge >= 0.3 is 0 Å². The van der Waals surface area contributed by atoms with Gasteiger partial charge in [0.15, 0.2) is 0 Å². The van der Waals surface area contributed by atoms with Gasteiger partial charge in [0.25, 0.3) is 5.69 Å². The number of para-hydroxylation sites is 1. The number of nitrogens with one attached hydrogen (secondary N) is 1. The van der Waals surface area contributed by atoms with Gasteiger partial charge in [0.2, 0.25) is 0 Å². The maximum atomic E-state index is 11.0. The molecule has 112 valence electrons. The van der Waals surface area contributed by atoms with Gasteiger partial charge in [-0.3, -0.25) is 10.1 Å². The molecule has 0 aliphatic heterocycles. The molecule has 2 aromatic carbocycles. The number of anilines is 1. The van der Waals surface area contributed by atoms with Crippen molar-refractivity contribution in [2.75, 3.05) is 18.5 Å². The quantitative estimate of drug-likeness (QED) is 0.499. The number of nitrogens with zero attached hydrogens (tertiary/aromatic N) is 2. The van der Waals surface area contributed by atoms with Gasteiger partial charge in [0.05, 0.1) is 9.95 Å². The predicted octanol–water partition coefficient (Wildman–Crippen LogP) is 3.61. The van der Waals surface area contributed by atoms with Gasteiger partial charge in [-0.15, -0.1) is 0 Å². The highest BCUT2D eigenvalue weighted by Gasteiger charge is 2.20. The molecule has 7 heteroatoms. The van der Waals surface area contributed by atoms with Crippen LogP contribution in [-0.2, 0) is 0 Å². The third-order valence-corrected chi connectivity index (χ3v) is 3.17. The first-order chi connectivity index (χ1) is 10.6. The number of nitro benzene ring substituents is 1. The highest BCUT2D eigenvalue weighted by atomic mass is 35.5. The third kappa shape index (κ3) is 3.65. The highest BCUT2D eigenvalue weighted by molar-refractivity contribution is 6.32. The van der Waals surface area contributed by atoms with Crippen LogP contribution in [0.25, 0.3) is 0 Å². The predicted molar refractivity (Wildman–Crippen MR) is 83.2 cm³/mol. The van der Waals surface area contributed by atoms with E-state index in [4.69, 9.17) is 21.6 Å². The molecule has 0 unspecified atom stereocenters. The first-order valence-corrected chi connectivity index (χ1v) is 6.80. The van der Waals surface area contributed by atoms with Gasteiger partial charge in [-0.1, -0.05) is 29.8 Å². The maximum Gasteiger partial charge on any atom is 0.293 e. The molecule has 0 heterocycles. The van der Waals surface area contributed by atoms with Gasteiger partial charge < -0.3 is 10.1 Å². The molecular weight excluding hydrogens is 306 g/mol. The molecule has 0 aliphatic carbocycles. The lowest BCUT2D eigenvalue weighted by Crippen LogP contribution is -2.13. The zero-order valence-electron chi connectivity index (χ0n) is 11.5. The molecule has 0 aliphatic rings. The minimum absolute atomic E-state index is 0.0515. The van der Waals surface area contributed by atoms with Gasteiger partial charge in [0.1, 0.15) is 29.7 Å². The van der Waals surface area contributed by atoms with Crippen molar-refractivity contribution >= 4 is 23.0 Å². The summed E-state index contributed by atoms with van der Waals surface area (Å²) in [7, 11) is 0. The largest absolute Gasteiger partial charge is 0.492 e. The van der Waals surface area contributed by atoms with Crippen LogP contribution in [0, 0.1) is 21.4 Å². The molecule has 2 rings (SSSR count). The summed E-state index contributed by atoms with van der Waals surface area (Å²) in [5.41, 5.74) is -0.0344. The molecule has 0 saturated carbocycles. The Hall–Kier alpha value is -2.78. The number of hydrogen-bond donors (Lipinski definition) is 1. The summed E-state index contributed by atoms with van der Waals surface area (Å²) < 4.78 is 5.48. The average molecular weight is 318 g/mol. The van der Waals surface area contributed by atoms with E-state index in [0.717, 1.165) is 0 Å². The monoisotopic (exact) mass is 317 g/mol. The van der Waals surface area contributed by atoms with Crippen LogP contribution in [0.4, 0.5) is 11.4 Å². The van der Waals surface area contributed by atoms with Crippen LogP contribution in [0.15, 0.2) is 42.5 Å². The molecule has 1 N–H and O–H groups in total. The Balaban J connectivity index is 2.07. The van der Waals surface area contributed by atoms with E-state index in [0.29, 0.717) is 18.9 Å². The lowest BCUT2D eigenvalue weighted by molar-refractivity contribution is -0.384. The van der Waals surface area contributed by atoms with Crippen molar-refractivity contribution < 1.29 is 9.66 Å². The van der Waals surface area contributed by atoms with Crippen LogP contribution in [0.3, 0.4) is 0 Å². The lowest BCUT2D eigenvalue weighted by atomic mass is 10.1. The normalized spacial score (nSPS) is 9.82. The summed E-state index contributed by atoms with van der Waals surface area (Å²) >= 11 is 5.90. The van der Waals surface area contributed by atoms with Crippen molar-refractivity contribution in [2.24, 2.45) is 0 Å². The summed E-state index contributed by atoms with van der Waals surface area (Å²) in [6, 6.07) is 13.7. The summed E-state index contributed by atoms with van der Waals surface area (Å²) in [4.78, 5) is 10.5. The van der Waals surface area contributed by atoms with Gasteiger partial charge in [-0.25, -0.2) is 0 Å². The summed E-state index contributed by atoms with van der Waals surface area (Å²) in [5, 5.41) is 23.2. The molecule has 0 radical (unpaired) electrons. The Kier molecular flexibility index (Phi) is 5.17. The van der Waals surface area contributed by atoms with E-state index in [2.05, 4.69) is 5.32 Å². The first kappa shape index (κ1) is 15.6. The topological polar surface area (TPSA) is 88.2 Å². The average Bonchev–Trinajstić information content (AvgIpc) is 2.52. The number of rotatable bonds is 6. The fourth-order valence-corrected chi connectivity index (χ4v) is 2.07. The van der Waals surface area contributed by atoms with Crippen LogP contribution in [-0.4, -0.2) is 18.1 Å². The minimum Gasteiger partial charge on any atom is -0.492 e. The third-order valence-electron chi connectivity index (χ3n) is 2.86. The van der Waals surface area contributed by atoms with E-state index in [1.807, 2.05) is 36.4 Å². The van der Waals surface area contributed by atoms with E-state index in [1.54, 1.807) is 0 Å². The van der Waals surface area contributed by atoms with Crippen molar-refractivity contribution in [3.8, 4) is 11.8 Å². The minimum atomic E-state index is -0.558. The van der Waals surface area contributed by atoms with Crippen LogP contribution in [0.5, 0.6) is 5.75 Å². The standard InChI is InChI=1S/C15H12ClN3O3/c16-13-6-7-14(19(20)21)15(12(13)10-17)18-8-9-22-11-4-2-1-3-5-11/h1-7,18H,8-9H2. The molecule has 0 saturated heterocycles. The Bertz CT molecular complexity index is 714. The van der Waals surface area contributed by atoms with Gasteiger partial charge in [0, 0.05) is 12.6 Å². The van der Waals surface area contributed by atoms with Crippen LogP contribution >= 0.6 is 11.6 Å². The van der Waals surface area contributed by atoms with E-state index >= 15 is 0 Å². The summed E-state index contributed by atoms with van der Waals surface area (Å²) in [6.07, 6.45) is 0. The smallest absolute Gasteiger partial charge is 0.293 e. The Labute approximate surface area is 132 Å². The molecule has 0 spiro atoms. The van der Waals surface area contributed by atoms with Crippen molar-refractivity contribution in [1.29, 1.82) is 5.26 Å². The fraction of sp³-hybridized carbons (Fsp3) is 0.133. The molecule has 0 atom stereocenters. The molecular formula is C15H12ClN3O3. The van der Waals surface area contributed by atoms with E-state index in [9.17, 15) is 10.1 Å². The fourth-order valence-electron chi connectivity index (χ4n) is 1.87. The van der Waals surface area contributed by atoms with Crippen molar-refractivity contribution in [3.05, 3.63) is 63.2 Å². The van der Waals surface area contributed by atoms with Crippen LogP contribution in [0.1, 0.15) is 5.56 Å². The zero-order chi connectivity index (χ0) is 15.9. The van der Waals surface area contributed by atoms with Crippen LogP contribution < -0.4 is 10.1 Å². The molecule has 0 amide bonds. The van der Waals surface area contributed by atoms with Crippen LogP contribution in [0.2, 0.25) is 5.02 Å². The van der Waals surface area contributed by atoms with E-state index < -0.39 is 4.92 Å². The van der Waals surface area contributed by atoms with Crippen molar-refractivity contribution in [1.82, 2.24) is 0 Å². The second-order valence-corrected chi connectivity index (χ2v) is 4.68. The summed E-state index contributed by atoms with van der Waals surface area (Å²) in [5.74, 6) is 0.699. The van der Waals surface area contributed by atoms with E-state index in [-0.39, 0.29) is 22.0 Å². The summed E-state index contributed by atoms with van der Waals surface area (Å²) in [6.45, 7) is 0.587. The molecule has 2 aromatic rings. The number of nitro groups is 1. The second kappa shape index (κ2) is 7.29. The molecule has 0 fully saturated rings. The number of benzene rings is 2. The first-order valence-electron chi connectivity index (χ1n) is 6.42. The maximum absolute atomic E-state index is 11.0. The molecule has 22 heavy (non-hydrogen) atoms. The van der Waals surface area contributed by atoms with Gasteiger partial charge in [-0.2, -0.15) is 5.26 Å². The zero-order valence-corrected chi connectivity index (χ0v) is 12.2. The number of hydrogen-bond acceptors (Lipinski definition) is 5. The SMILES string of the molecule is N#Cc1c(Cl)ccc([N+](=O)[O-])c1NCCOc1ccccc1. The van der Waals surface area contributed by atoms with Crippen molar-refractivity contribution in [3.63, 3.8) is 0 Å². The second-order valence-electron chi connectivity index (χ2n) is 4.27. The Morgan fingerprint density at radius 3 is 2.64 bits per heavy atom. The number of nitriles is 1. The molecule has 6 nitrogen and oxygen atoms in total. The molecule has 0 aromatic heterocycles. The molecule has 0 bridgehead atoms. The Morgan fingerprint density at radius 1 is 1.27 bits per heavy atom. The number of halogens is 1. The van der Waals surface area contributed by atoms with Gasteiger partial charge in [-0.05, 0) is 18.2 Å². The lowest BCUT2D eigenvalue weighted by Gasteiger charge is -2.11. The number of ether oxygens (including phenoxy) is 1. The van der Waals surface area contributed by atoms with E-state index in [1.165, 1.54) is 12.1 Å².